The van der Waals surface area contributed by atoms with E-state index < -0.39 is 5.92 Å². The fraction of sp³-hybridized carbons (Fsp3) is 0.222. The molecule has 3 heteroatoms. The van der Waals surface area contributed by atoms with Crippen LogP contribution < -0.4 is 0 Å². The van der Waals surface area contributed by atoms with Gasteiger partial charge in [-0.1, -0.05) is 42.0 Å². The summed E-state index contributed by atoms with van der Waals surface area (Å²) in [5, 5.41) is 9.38. The van der Waals surface area contributed by atoms with E-state index in [9.17, 15) is 10.1 Å². The fourth-order valence-corrected chi connectivity index (χ4v) is 2.54. The smallest absolute Gasteiger partial charge is 0.184 e. The van der Waals surface area contributed by atoms with Gasteiger partial charge in [0.05, 0.1) is 19.3 Å². The van der Waals surface area contributed by atoms with Crippen LogP contribution in [0.1, 0.15) is 38.5 Å². The lowest BCUT2D eigenvalue weighted by atomic mass is 9.90. The highest BCUT2D eigenvalue weighted by molar-refractivity contribution is 6.03. The van der Waals surface area contributed by atoms with Crippen LogP contribution in [0.4, 0.5) is 0 Å². The van der Waals surface area contributed by atoms with Gasteiger partial charge in [0.15, 0.2) is 5.78 Å². The average Bonchev–Trinajstić information content (AvgIpc) is 2.97. The predicted molar refractivity (Wildman–Crippen MR) is 78.8 cm³/mol. The minimum Gasteiger partial charge on any atom is -0.372 e. The van der Waals surface area contributed by atoms with E-state index in [1.54, 1.807) is 6.07 Å². The van der Waals surface area contributed by atoms with Gasteiger partial charge in [0, 0.05) is 5.56 Å². The van der Waals surface area contributed by atoms with Crippen LogP contribution in [-0.4, -0.2) is 5.78 Å². The molecule has 2 aromatic rings. The normalized spacial score (nSPS) is 14.3. The molecule has 0 radical (unpaired) electrons. The molecule has 0 amide bonds. The molecule has 2 aromatic carbocycles. The van der Waals surface area contributed by atoms with Crippen LogP contribution in [0.5, 0.6) is 0 Å². The molecule has 0 saturated carbocycles. The molecule has 0 bridgehead atoms. The van der Waals surface area contributed by atoms with Gasteiger partial charge in [-0.2, -0.15) is 5.26 Å². The first-order valence-corrected chi connectivity index (χ1v) is 6.89. The number of hydrogen-bond acceptors (Lipinski definition) is 3. The Labute approximate surface area is 123 Å². The number of aryl methyl sites for hydroxylation is 1. The number of nitrogens with zero attached hydrogens (tertiary/aromatic N) is 1. The van der Waals surface area contributed by atoms with Gasteiger partial charge in [-0.3, -0.25) is 4.79 Å². The van der Waals surface area contributed by atoms with Crippen molar-refractivity contribution < 1.29 is 9.53 Å². The number of Topliss-reactive ketones (excluding diaryl/α,β-unsaturated/α-hetero) is 1. The SMILES string of the molecule is Cc1ccc(C(C#N)C(=O)c2ccc3c(c2)COC3)cc1. The number of carbonyl (C=O) groups is 1. The monoisotopic (exact) mass is 277 g/mol. The van der Waals surface area contributed by atoms with Crippen molar-refractivity contribution in [3.63, 3.8) is 0 Å². The highest BCUT2D eigenvalue weighted by Gasteiger charge is 2.23. The Hall–Kier alpha value is -2.44. The number of ketones is 1. The molecule has 3 rings (SSSR count). The number of ether oxygens (including phenoxy) is 1. The van der Waals surface area contributed by atoms with E-state index in [1.165, 1.54) is 0 Å². The Balaban J connectivity index is 1.92. The molecular formula is C18H15NO2. The zero-order valence-electron chi connectivity index (χ0n) is 11.8. The van der Waals surface area contributed by atoms with E-state index in [0.29, 0.717) is 18.8 Å². The van der Waals surface area contributed by atoms with Gasteiger partial charge < -0.3 is 4.74 Å². The number of benzene rings is 2. The fourth-order valence-electron chi connectivity index (χ4n) is 2.54. The van der Waals surface area contributed by atoms with Gasteiger partial charge in [-0.15, -0.1) is 0 Å². The summed E-state index contributed by atoms with van der Waals surface area (Å²) in [7, 11) is 0. The summed E-state index contributed by atoms with van der Waals surface area (Å²) < 4.78 is 5.36. The number of nitriles is 1. The molecule has 1 heterocycles. The lowest BCUT2D eigenvalue weighted by Crippen LogP contribution is -2.11. The zero-order chi connectivity index (χ0) is 14.8. The molecule has 0 spiro atoms. The third-order valence-electron chi connectivity index (χ3n) is 3.81. The third kappa shape index (κ3) is 2.58. The van der Waals surface area contributed by atoms with Gasteiger partial charge in [0.1, 0.15) is 5.92 Å². The molecule has 3 nitrogen and oxygen atoms in total. The van der Waals surface area contributed by atoms with Crippen molar-refractivity contribution >= 4 is 5.78 Å². The Bertz CT molecular complexity index is 726. The molecule has 0 fully saturated rings. The maximum Gasteiger partial charge on any atom is 0.184 e. The molecule has 21 heavy (non-hydrogen) atoms. The van der Waals surface area contributed by atoms with Crippen LogP contribution in [-0.2, 0) is 18.0 Å². The van der Waals surface area contributed by atoms with Crippen LogP contribution in [0.15, 0.2) is 42.5 Å². The van der Waals surface area contributed by atoms with Crippen LogP contribution in [0.3, 0.4) is 0 Å². The van der Waals surface area contributed by atoms with Gasteiger partial charge in [0.25, 0.3) is 0 Å². The van der Waals surface area contributed by atoms with E-state index in [1.807, 2.05) is 43.3 Å². The number of carbonyl (C=O) groups excluding carboxylic acids is 1. The highest BCUT2D eigenvalue weighted by Crippen LogP contribution is 2.25. The van der Waals surface area contributed by atoms with Crippen LogP contribution >= 0.6 is 0 Å². The minimum absolute atomic E-state index is 0.156. The van der Waals surface area contributed by atoms with Gasteiger partial charge in [-0.05, 0) is 29.7 Å². The summed E-state index contributed by atoms with van der Waals surface area (Å²) in [6.07, 6.45) is 0. The minimum atomic E-state index is -0.758. The Kier molecular flexibility index (Phi) is 3.55. The van der Waals surface area contributed by atoms with Crippen molar-refractivity contribution in [3.8, 4) is 6.07 Å². The topological polar surface area (TPSA) is 50.1 Å². The largest absolute Gasteiger partial charge is 0.372 e. The molecule has 0 aromatic heterocycles. The third-order valence-corrected chi connectivity index (χ3v) is 3.81. The molecular weight excluding hydrogens is 262 g/mol. The van der Waals surface area contributed by atoms with Gasteiger partial charge in [-0.25, -0.2) is 0 Å². The summed E-state index contributed by atoms with van der Waals surface area (Å²) >= 11 is 0. The van der Waals surface area contributed by atoms with Crippen LogP contribution in [0.25, 0.3) is 0 Å². The van der Waals surface area contributed by atoms with E-state index >= 15 is 0 Å². The average molecular weight is 277 g/mol. The summed E-state index contributed by atoms with van der Waals surface area (Å²) in [6.45, 7) is 3.12. The molecule has 0 N–H and O–H groups in total. The summed E-state index contributed by atoms with van der Waals surface area (Å²) in [4.78, 5) is 12.6. The summed E-state index contributed by atoms with van der Waals surface area (Å²) in [5.74, 6) is -0.915. The van der Waals surface area contributed by atoms with E-state index in [2.05, 4.69) is 6.07 Å². The van der Waals surface area contributed by atoms with Crippen molar-refractivity contribution in [2.45, 2.75) is 26.1 Å². The Morgan fingerprint density at radius 1 is 1.14 bits per heavy atom. The van der Waals surface area contributed by atoms with E-state index in [0.717, 1.165) is 22.3 Å². The standard InChI is InChI=1S/C18H15NO2/c1-12-2-4-13(5-3-12)17(9-19)18(20)14-6-7-15-10-21-11-16(15)8-14/h2-8,17H,10-11H2,1H3. The summed E-state index contributed by atoms with van der Waals surface area (Å²) in [6, 6.07) is 15.2. The maximum atomic E-state index is 12.6. The molecule has 1 aliphatic rings. The molecule has 1 unspecified atom stereocenters. The second kappa shape index (κ2) is 5.51. The van der Waals surface area contributed by atoms with Crippen molar-refractivity contribution in [2.24, 2.45) is 0 Å². The lowest BCUT2D eigenvalue weighted by molar-refractivity contribution is 0.0978. The van der Waals surface area contributed by atoms with Gasteiger partial charge in [0.2, 0.25) is 0 Å². The number of rotatable bonds is 3. The Morgan fingerprint density at radius 2 is 1.86 bits per heavy atom. The van der Waals surface area contributed by atoms with Crippen molar-refractivity contribution in [3.05, 3.63) is 70.3 Å². The lowest BCUT2D eigenvalue weighted by Gasteiger charge is -2.10. The number of fused-ring (bicyclic) bond motifs is 1. The zero-order valence-corrected chi connectivity index (χ0v) is 11.8. The first-order valence-electron chi connectivity index (χ1n) is 6.89. The van der Waals surface area contributed by atoms with Crippen LogP contribution in [0.2, 0.25) is 0 Å². The molecule has 1 aliphatic heterocycles. The first-order chi connectivity index (χ1) is 10.2. The molecule has 104 valence electrons. The van der Waals surface area contributed by atoms with E-state index in [4.69, 9.17) is 4.74 Å². The maximum absolute atomic E-state index is 12.6. The van der Waals surface area contributed by atoms with Crippen molar-refractivity contribution in [2.75, 3.05) is 0 Å². The molecule has 1 atom stereocenters. The molecule has 0 aliphatic carbocycles. The second-order valence-electron chi connectivity index (χ2n) is 5.31. The summed E-state index contributed by atoms with van der Waals surface area (Å²) in [5.41, 5.74) is 4.59. The van der Waals surface area contributed by atoms with Crippen LogP contribution in [0, 0.1) is 18.3 Å². The van der Waals surface area contributed by atoms with E-state index in [-0.39, 0.29) is 5.78 Å². The molecule has 0 saturated heterocycles. The van der Waals surface area contributed by atoms with Crippen molar-refractivity contribution in [1.29, 1.82) is 5.26 Å². The predicted octanol–water partition coefficient (Wildman–Crippen LogP) is 3.52. The van der Waals surface area contributed by atoms with Crippen molar-refractivity contribution in [1.82, 2.24) is 0 Å². The van der Waals surface area contributed by atoms with Gasteiger partial charge >= 0.3 is 0 Å². The second-order valence-corrected chi connectivity index (χ2v) is 5.31. The highest BCUT2D eigenvalue weighted by atomic mass is 16.5. The Morgan fingerprint density at radius 3 is 2.57 bits per heavy atom. The quantitative estimate of drug-likeness (QED) is 0.807. The first kappa shape index (κ1) is 13.5. The number of hydrogen-bond donors (Lipinski definition) is 0.